The standard InChI is InChI=1S/C16H26I2N4.2CHF3O3S/c1-19-11-15(17)13-21(19)9-7-5-3-4-6-8-10-22-14-16(18)12-20(22)2;2*2-1(3,4)8(5,6)7/h11-14H,3-10H2,1-2H3;2*(H,5,6,7)/q+2;;/p-2. The lowest BCUT2D eigenvalue weighted by Gasteiger charge is -2.08. The minimum absolute atomic E-state index is 1.14. The first-order chi connectivity index (χ1) is 17.1. The fourth-order valence-corrected chi connectivity index (χ4v) is 4.19. The van der Waals surface area contributed by atoms with Crippen LogP contribution in [0.2, 0.25) is 0 Å². The Balaban J connectivity index is 0.000000705. The SMILES string of the molecule is C[n+]1cc(I)cn1CCCCCCCCn1cc(I)c[n+]1C.O=S(=O)([O-])C(F)(F)F.O=S(=O)([O-])C(F)(F)F. The average Bonchev–Trinajstić information content (AvgIpc) is 3.20. The Hall–Kier alpha value is -0.720. The second-order valence-corrected chi connectivity index (χ2v) is 12.9. The topological polar surface area (TPSA) is 132 Å². The predicted octanol–water partition coefficient (Wildman–Crippen LogP) is 3.29. The Bertz CT molecular complexity index is 1120. The van der Waals surface area contributed by atoms with Crippen molar-refractivity contribution in [3.8, 4) is 0 Å². The third kappa shape index (κ3) is 15.2. The third-order valence-electron chi connectivity index (χ3n) is 4.57. The van der Waals surface area contributed by atoms with Gasteiger partial charge in [-0.3, -0.25) is 0 Å². The number of aryl methyl sites for hydroxylation is 4. The summed E-state index contributed by atoms with van der Waals surface area (Å²) in [5, 5.41) is 0. The first-order valence-corrected chi connectivity index (χ1v) is 15.5. The highest BCUT2D eigenvalue weighted by Crippen LogP contribution is 2.21. The van der Waals surface area contributed by atoms with Crippen LogP contribution in [-0.4, -0.2) is 46.3 Å². The minimum Gasteiger partial charge on any atom is -0.741 e. The van der Waals surface area contributed by atoms with Crippen molar-refractivity contribution in [1.29, 1.82) is 0 Å². The third-order valence-corrected chi connectivity index (χ3v) is 6.81. The molecule has 0 amide bonds. The van der Waals surface area contributed by atoms with Gasteiger partial charge < -0.3 is 9.11 Å². The Morgan fingerprint density at radius 3 is 1.11 bits per heavy atom. The largest absolute Gasteiger partial charge is 0.741 e. The molecule has 0 spiro atoms. The zero-order valence-corrected chi connectivity index (χ0v) is 26.0. The van der Waals surface area contributed by atoms with E-state index in [1.807, 2.05) is 0 Å². The molecule has 0 fully saturated rings. The monoisotopic (exact) mass is 826 g/mol. The summed E-state index contributed by atoms with van der Waals surface area (Å²) in [6, 6.07) is 0. The summed E-state index contributed by atoms with van der Waals surface area (Å²) in [6.45, 7) is 2.27. The van der Waals surface area contributed by atoms with Crippen molar-refractivity contribution >= 4 is 65.4 Å². The maximum absolute atomic E-state index is 10.7. The van der Waals surface area contributed by atoms with E-state index >= 15 is 0 Å². The quantitative estimate of drug-likeness (QED) is 0.0954. The molecule has 0 aliphatic heterocycles. The first-order valence-electron chi connectivity index (χ1n) is 10.5. The van der Waals surface area contributed by atoms with Crippen LogP contribution in [0.4, 0.5) is 26.3 Å². The molecule has 0 radical (unpaired) electrons. The molecule has 0 bridgehead atoms. The highest BCUT2D eigenvalue weighted by Gasteiger charge is 2.37. The van der Waals surface area contributed by atoms with E-state index in [-0.39, 0.29) is 0 Å². The summed E-state index contributed by atoms with van der Waals surface area (Å²) < 4.78 is 129. The fraction of sp³-hybridized carbons (Fsp3) is 0.667. The van der Waals surface area contributed by atoms with Crippen molar-refractivity contribution in [2.45, 2.75) is 62.6 Å². The summed E-state index contributed by atoms with van der Waals surface area (Å²) in [4.78, 5) is 0. The van der Waals surface area contributed by atoms with E-state index in [4.69, 9.17) is 25.9 Å². The number of rotatable bonds is 9. The zero-order valence-electron chi connectivity index (χ0n) is 20.0. The summed E-state index contributed by atoms with van der Waals surface area (Å²) >= 11 is 4.74. The van der Waals surface area contributed by atoms with Crippen molar-refractivity contribution in [3.05, 3.63) is 31.9 Å². The Kier molecular flexibility index (Phi) is 15.6. The molecule has 0 unspecified atom stereocenters. The van der Waals surface area contributed by atoms with Crippen molar-refractivity contribution < 1.29 is 61.6 Å². The molecule has 0 aliphatic carbocycles. The van der Waals surface area contributed by atoms with E-state index < -0.39 is 31.3 Å². The van der Waals surface area contributed by atoms with Gasteiger partial charge in [0.25, 0.3) is 0 Å². The van der Waals surface area contributed by atoms with Gasteiger partial charge in [-0.15, -0.1) is 9.36 Å². The lowest BCUT2D eigenvalue weighted by molar-refractivity contribution is -0.754. The predicted molar refractivity (Wildman–Crippen MR) is 136 cm³/mol. The second kappa shape index (κ2) is 15.9. The van der Waals surface area contributed by atoms with Crippen LogP contribution in [-0.2, 0) is 47.4 Å². The van der Waals surface area contributed by atoms with Gasteiger partial charge in [-0.1, -0.05) is 25.7 Å². The number of alkyl halides is 6. The summed E-state index contributed by atoms with van der Waals surface area (Å²) in [5.41, 5.74) is -11.3. The number of nitrogens with zero attached hydrogens (tertiary/aromatic N) is 4. The van der Waals surface area contributed by atoms with E-state index in [1.165, 1.54) is 45.7 Å². The van der Waals surface area contributed by atoms with Gasteiger partial charge in [0.1, 0.15) is 7.14 Å². The number of halogens is 8. The Morgan fingerprint density at radius 1 is 0.684 bits per heavy atom. The molecule has 2 heterocycles. The van der Waals surface area contributed by atoms with Gasteiger partial charge in [0, 0.05) is 0 Å². The molecule has 2 rings (SSSR count). The minimum atomic E-state index is -6.09. The van der Waals surface area contributed by atoms with Gasteiger partial charge in [-0.2, -0.15) is 35.7 Å². The van der Waals surface area contributed by atoms with Crippen LogP contribution in [0.1, 0.15) is 38.5 Å². The van der Waals surface area contributed by atoms with Crippen LogP contribution in [0, 0.1) is 7.14 Å². The van der Waals surface area contributed by atoms with E-state index in [2.05, 4.69) is 103 Å². The molecule has 222 valence electrons. The van der Waals surface area contributed by atoms with Gasteiger partial charge in [0.2, 0.25) is 12.4 Å². The number of aromatic nitrogens is 4. The summed E-state index contributed by atoms with van der Waals surface area (Å²) in [5.74, 6) is 0. The lowest BCUT2D eigenvalue weighted by Crippen LogP contribution is -2.37. The Labute approximate surface area is 243 Å². The van der Waals surface area contributed by atoms with Crippen LogP contribution >= 0.6 is 45.2 Å². The lowest BCUT2D eigenvalue weighted by atomic mass is 10.1. The van der Waals surface area contributed by atoms with Crippen molar-refractivity contribution in [2.24, 2.45) is 14.1 Å². The van der Waals surface area contributed by atoms with Crippen molar-refractivity contribution in [2.75, 3.05) is 0 Å². The highest BCUT2D eigenvalue weighted by molar-refractivity contribution is 14.1. The molecular weight excluding hydrogens is 800 g/mol. The van der Waals surface area contributed by atoms with Gasteiger partial charge in [-0.05, 0) is 58.0 Å². The molecule has 0 aliphatic rings. The van der Waals surface area contributed by atoms with Gasteiger partial charge >= 0.3 is 11.0 Å². The van der Waals surface area contributed by atoms with E-state index in [0.29, 0.717) is 0 Å². The molecule has 10 nitrogen and oxygen atoms in total. The number of hydrogen-bond acceptors (Lipinski definition) is 6. The smallest absolute Gasteiger partial charge is 0.485 e. The van der Waals surface area contributed by atoms with Crippen molar-refractivity contribution in [3.63, 3.8) is 0 Å². The van der Waals surface area contributed by atoms with Crippen LogP contribution in [0.25, 0.3) is 0 Å². The van der Waals surface area contributed by atoms with Gasteiger partial charge in [-0.25, -0.2) is 16.8 Å². The highest BCUT2D eigenvalue weighted by atomic mass is 127. The molecule has 0 saturated carbocycles. The summed E-state index contributed by atoms with van der Waals surface area (Å²) in [6.07, 6.45) is 16.7. The van der Waals surface area contributed by atoms with Crippen molar-refractivity contribution in [1.82, 2.24) is 9.36 Å². The van der Waals surface area contributed by atoms with E-state index in [0.717, 1.165) is 13.1 Å². The molecule has 0 N–H and O–H groups in total. The number of hydrogen-bond donors (Lipinski definition) is 0. The molecule has 0 saturated heterocycles. The van der Waals surface area contributed by atoms with Crippen LogP contribution in [0.15, 0.2) is 24.8 Å². The molecular formula is C18H26F6I2N4O6S2. The van der Waals surface area contributed by atoms with E-state index in [9.17, 15) is 26.3 Å². The molecule has 38 heavy (non-hydrogen) atoms. The maximum atomic E-state index is 10.7. The summed E-state index contributed by atoms with van der Waals surface area (Å²) in [7, 11) is -7.95. The zero-order chi connectivity index (χ0) is 29.9. The number of unbranched alkanes of at least 4 members (excludes halogenated alkanes) is 5. The fourth-order valence-electron chi connectivity index (χ4n) is 2.74. The molecule has 2 aromatic rings. The molecule has 0 atom stereocenters. The maximum Gasteiger partial charge on any atom is 0.485 e. The van der Waals surface area contributed by atoms with E-state index in [1.54, 1.807) is 0 Å². The van der Waals surface area contributed by atoms with Crippen LogP contribution in [0.3, 0.4) is 0 Å². The van der Waals surface area contributed by atoms with Crippen LogP contribution < -0.4 is 9.36 Å². The van der Waals surface area contributed by atoms with Crippen LogP contribution in [0.5, 0.6) is 0 Å². The first kappa shape index (κ1) is 37.3. The Morgan fingerprint density at radius 2 is 0.921 bits per heavy atom. The van der Waals surface area contributed by atoms with Gasteiger partial charge in [0.05, 0.1) is 25.5 Å². The molecule has 2 aromatic heterocycles. The normalized spacial score (nSPS) is 12.4. The molecule has 20 heteroatoms. The second-order valence-electron chi connectivity index (χ2n) is 7.68. The van der Waals surface area contributed by atoms with Gasteiger partial charge in [0.15, 0.2) is 34.3 Å². The molecule has 0 aromatic carbocycles. The average molecular weight is 826 g/mol.